The van der Waals surface area contributed by atoms with Crippen molar-refractivity contribution in [2.75, 3.05) is 30.9 Å². The number of thioether (sulfide) groups is 1. The number of sulfonamides is 1. The number of thiazole rings is 1. The number of anilines is 1. The molecule has 0 spiro atoms. The third-order valence-electron chi connectivity index (χ3n) is 6.09. The molecule has 4 heterocycles. The number of amides is 1. The molecule has 2 aliphatic rings. The van der Waals surface area contributed by atoms with Gasteiger partial charge in [0, 0.05) is 18.0 Å². The van der Waals surface area contributed by atoms with Gasteiger partial charge in [0.25, 0.3) is 10.0 Å². The van der Waals surface area contributed by atoms with Crippen LogP contribution in [-0.2, 0) is 19.6 Å². The van der Waals surface area contributed by atoms with Gasteiger partial charge in [-0.3, -0.25) is 9.69 Å². The Morgan fingerprint density at radius 2 is 2.12 bits per heavy atom. The van der Waals surface area contributed by atoms with Crippen LogP contribution >= 0.6 is 46.0 Å². The Hall–Kier alpha value is -1.21. The fraction of sp³-hybridized carbons (Fsp3) is 0.455. The van der Waals surface area contributed by atoms with E-state index in [2.05, 4.69) is 6.07 Å². The van der Waals surface area contributed by atoms with E-state index in [9.17, 15) is 13.2 Å². The van der Waals surface area contributed by atoms with Crippen LogP contribution in [0, 0.1) is 0 Å². The van der Waals surface area contributed by atoms with E-state index in [0.717, 1.165) is 39.3 Å². The first-order valence-corrected chi connectivity index (χ1v) is 15.7. The summed E-state index contributed by atoms with van der Waals surface area (Å²) in [6.45, 7) is 1.34. The number of thiophene rings is 1. The Morgan fingerprint density at radius 3 is 2.82 bits per heavy atom. The molecule has 0 aliphatic carbocycles. The number of ether oxygens (including phenoxy) is 1. The van der Waals surface area contributed by atoms with Crippen molar-refractivity contribution in [1.29, 1.82) is 0 Å². The maximum atomic E-state index is 13.9. The van der Waals surface area contributed by atoms with E-state index in [-0.39, 0.29) is 16.2 Å². The third kappa shape index (κ3) is 4.76. The second kappa shape index (κ2) is 10.0. The van der Waals surface area contributed by atoms with Crippen molar-refractivity contribution in [3.05, 3.63) is 34.7 Å². The summed E-state index contributed by atoms with van der Waals surface area (Å²) >= 11 is 10.1. The van der Waals surface area contributed by atoms with E-state index in [1.807, 2.05) is 18.4 Å². The first-order valence-electron chi connectivity index (χ1n) is 11.0. The number of hydrogen-bond acceptors (Lipinski definition) is 8. The molecule has 2 aromatic heterocycles. The standard InChI is InChI=1S/C22H24ClN3O4S4/c1-31-15-6-7-16-18(12-15)32-22(24-16)25(13-14-4-3-11-30-14)21(27)17-5-2-10-26(17)34(28,29)20-9-8-19(23)33-20/h6-9,12,14,17H,2-5,10-11,13H2,1H3. The molecule has 12 heteroatoms. The molecule has 3 aromatic rings. The number of carbonyl (C=O) groups is 1. The van der Waals surface area contributed by atoms with Crippen LogP contribution in [0.1, 0.15) is 25.7 Å². The van der Waals surface area contributed by atoms with Crippen LogP contribution < -0.4 is 4.90 Å². The van der Waals surface area contributed by atoms with Crippen molar-refractivity contribution >= 4 is 77.3 Å². The lowest BCUT2D eigenvalue weighted by atomic mass is 10.2. The number of halogens is 1. The number of rotatable bonds is 7. The highest BCUT2D eigenvalue weighted by molar-refractivity contribution is 7.98. The average molecular weight is 558 g/mol. The number of aromatic nitrogens is 1. The number of benzene rings is 1. The van der Waals surface area contributed by atoms with Gasteiger partial charge < -0.3 is 4.74 Å². The Morgan fingerprint density at radius 1 is 1.26 bits per heavy atom. The monoisotopic (exact) mass is 557 g/mol. The fourth-order valence-corrected chi connectivity index (χ4v) is 9.19. The summed E-state index contributed by atoms with van der Waals surface area (Å²) in [5, 5.41) is 0.581. The third-order valence-corrected chi connectivity index (χ3v) is 11.5. The number of carbonyl (C=O) groups excluding carboxylic acids is 1. The molecule has 2 aliphatic heterocycles. The topological polar surface area (TPSA) is 79.8 Å². The van der Waals surface area contributed by atoms with Gasteiger partial charge in [0.05, 0.1) is 27.2 Å². The molecule has 5 rings (SSSR count). The molecule has 34 heavy (non-hydrogen) atoms. The molecule has 2 fully saturated rings. The van der Waals surface area contributed by atoms with Gasteiger partial charge in [0.15, 0.2) is 5.13 Å². The Bertz CT molecular complexity index is 1300. The summed E-state index contributed by atoms with van der Waals surface area (Å²) in [5.74, 6) is -0.247. The molecule has 1 amide bonds. The molecule has 2 unspecified atom stereocenters. The zero-order valence-electron chi connectivity index (χ0n) is 18.5. The molecule has 2 atom stereocenters. The van der Waals surface area contributed by atoms with E-state index in [4.69, 9.17) is 21.3 Å². The van der Waals surface area contributed by atoms with Crippen molar-refractivity contribution in [2.24, 2.45) is 0 Å². The van der Waals surface area contributed by atoms with Crippen molar-refractivity contribution in [2.45, 2.75) is 46.9 Å². The van der Waals surface area contributed by atoms with Crippen LogP contribution in [0.3, 0.4) is 0 Å². The molecule has 0 N–H and O–H groups in total. The second-order valence-electron chi connectivity index (χ2n) is 8.25. The molecule has 0 saturated carbocycles. The van der Waals surface area contributed by atoms with Crippen molar-refractivity contribution in [3.8, 4) is 0 Å². The normalized spacial score (nSPS) is 21.5. The Balaban J connectivity index is 1.48. The van der Waals surface area contributed by atoms with Crippen molar-refractivity contribution in [3.63, 3.8) is 0 Å². The predicted octanol–water partition coefficient (Wildman–Crippen LogP) is 5.10. The van der Waals surface area contributed by atoms with Gasteiger partial charge in [-0.1, -0.05) is 22.9 Å². The van der Waals surface area contributed by atoms with E-state index in [1.165, 1.54) is 21.7 Å². The van der Waals surface area contributed by atoms with E-state index >= 15 is 0 Å². The van der Waals surface area contributed by atoms with Crippen LogP contribution in [0.25, 0.3) is 10.2 Å². The molecule has 1 aromatic carbocycles. The van der Waals surface area contributed by atoms with E-state index in [1.54, 1.807) is 22.7 Å². The zero-order chi connectivity index (χ0) is 23.9. The summed E-state index contributed by atoms with van der Waals surface area (Å²) in [7, 11) is -3.82. The quantitative estimate of drug-likeness (QED) is 0.376. The van der Waals surface area contributed by atoms with Crippen molar-refractivity contribution < 1.29 is 17.9 Å². The first-order chi connectivity index (χ1) is 16.4. The van der Waals surface area contributed by atoms with Gasteiger partial charge in [-0.2, -0.15) is 4.31 Å². The maximum absolute atomic E-state index is 13.9. The zero-order valence-corrected chi connectivity index (χ0v) is 22.5. The first kappa shape index (κ1) is 24.5. The molecule has 0 bridgehead atoms. The molecule has 7 nitrogen and oxygen atoms in total. The molecule has 182 valence electrons. The SMILES string of the molecule is CSc1ccc2nc(N(CC3CCCO3)C(=O)C3CCCN3S(=O)(=O)c3ccc(Cl)s3)sc2c1. The highest BCUT2D eigenvalue weighted by Crippen LogP contribution is 2.36. The average Bonchev–Trinajstić information content (AvgIpc) is 3.62. The van der Waals surface area contributed by atoms with Crippen molar-refractivity contribution in [1.82, 2.24) is 9.29 Å². The van der Waals surface area contributed by atoms with Crippen LogP contribution in [-0.4, -0.2) is 61.7 Å². The summed E-state index contributed by atoms with van der Waals surface area (Å²) in [5.41, 5.74) is 0.826. The lowest BCUT2D eigenvalue weighted by molar-refractivity contribution is -0.122. The van der Waals surface area contributed by atoms with Gasteiger partial charge in [-0.25, -0.2) is 13.4 Å². The predicted molar refractivity (Wildman–Crippen MR) is 139 cm³/mol. The molecule has 2 saturated heterocycles. The minimum absolute atomic E-state index is 0.0831. The van der Waals surface area contributed by atoms with Crippen LogP contribution in [0.5, 0.6) is 0 Å². The maximum Gasteiger partial charge on any atom is 0.253 e. The van der Waals surface area contributed by atoms with Gasteiger partial charge in [0.1, 0.15) is 10.3 Å². The molecule has 0 radical (unpaired) electrons. The van der Waals surface area contributed by atoms with Gasteiger partial charge in [-0.05, 0) is 62.3 Å². The Kier molecular flexibility index (Phi) is 7.23. The van der Waals surface area contributed by atoms with Crippen LogP contribution in [0.4, 0.5) is 5.13 Å². The summed E-state index contributed by atoms with van der Waals surface area (Å²) in [6, 6.07) is 8.34. The van der Waals surface area contributed by atoms with Gasteiger partial charge in [0.2, 0.25) is 5.91 Å². The highest BCUT2D eigenvalue weighted by atomic mass is 35.5. The smallest absolute Gasteiger partial charge is 0.253 e. The molecular weight excluding hydrogens is 534 g/mol. The number of hydrogen-bond donors (Lipinski definition) is 0. The second-order valence-corrected chi connectivity index (χ2v) is 14.0. The van der Waals surface area contributed by atoms with Gasteiger partial charge in [-0.15, -0.1) is 23.1 Å². The number of nitrogens with zero attached hydrogens (tertiary/aromatic N) is 3. The Labute approximate surface area is 216 Å². The minimum atomic E-state index is -3.82. The highest BCUT2D eigenvalue weighted by Gasteiger charge is 2.43. The number of fused-ring (bicyclic) bond motifs is 1. The molecular formula is C22H24ClN3O4S4. The fourth-order valence-electron chi connectivity index (χ4n) is 4.40. The lowest BCUT2D eigenvalue weighted by Gasteiger charge is -2.29. The lowest BCUT2D eigenvalue weighted by Crippen LogP contribution is -2.49. The largest absolute Gasteiger partial charge is 0.376 e. The minimum Gasteiger partial charge on any atom is -0.376 e. The summed E-state index contributed by atoms with van der Waals surface area (Å²) < 4.78 is 35.4. The van der Waals surface area contributed by atoms with Gasteiger partial charge >= 0.3 is 0 Å². The van der Waals surface area contributed by atoms with Crippen LogP contribution in [0.2, 0.25) is 4.34 Å². The van der Waals surface area contributed by atoms with E-state index in [0.29, 0.717) is 42.0 Å². The van der Waals surface area contributed by atoms with E-state index < -0.39 is 16.1 Å². The van der Waals surface area contributed by atoms with Crippen LogP contribution in [0.15, 0.2) is 39.4 Å². The summed E-state index contributed by atoms with van der Waals surface area (Å²) in [4.78, 5) is 21.5. The summed E-state index contributed by atoms with van der Waals surface area (Å²) in [6.07, 6.45) is 4.85.